The van der Waals surface area contributed by atoms with E-state index in [4.69, 9.17) is 4.74 Å². The summed E-state index contributed by atoms with van der Waals surface area (Å²) in [5, 5.41) is 1.62. The lowest BCUT2D eigenvalue weighted by Gasteiger charge is -2.12. The second kappa shape index (κ2) is 6.19. The third-order valence-corrected chi connectivity index (χ3v) is 4.60. The monoisotopic (exact) mass is 346 g/mol. The van der Waals surface area contributed by atoms with Gasteiger partial charge in [-0.15, -0.1) is 0 Å². The van der Waals surface area contributed by atoms with E-state index in [0.717, 1.165) is 27.5 Å². The number of ether oxygens (including phenoxy) is 1. The van der Waals surface area contributed by atoms with E-state index in [1.165, 1.54) is 0 Å². The van der Waals surface area contributed by atoms with E-state index in [9.17, 15) is 9.59 Å². The molecule has 2 aromatic carbocycles. The number of benzene rings is 2. The second-order valence-electron chi connectivity index (χ2n) is 6.33. The van der Waals surface area contributed by atoms with Crippen LogP contribution in [-0.2, 0) is 4.74 Å². The second-order valence-corrected chi connectivity index (χ2v) is 6.33. The molecule has 0 radical (unpaired) electrons. The largest absolute Gasteiger partial charge is 0.451 e. The molecular weight excluding hydrogens is 328 g/mol. The van der Waals surface area contributed by atoms with Gasteiger partial charge in [0, 0.05) is 39.3 Å². The van der Waals surface area contributed by atoms with E-state index in [1.54, 1.807) is 13.1 Å². The molecule has 0 amide bonds. The van der Waals surface area contributed by atoms with Gasteiger partial charge in [-0.1, -0.05) is 36.4 Å². The number of aromatic nitrogens is 2. The Kier molecular flexibility index (Phi) is 3.84. The smallest absolute Gasteiger partial charge is 0.341 e. The molecule has 2 aromatic heterocycles. The van der Waals surface area contributed by atoms with E-state index < -0.39 is 12.1 Å². The number of carbonyl (C=O) groups is 2. The molecule has 0 saturated heterocycles. The average molecular weight is 346 g/mol. The van der Waals surface area contributed by atoms with Crippen molar-refractivity contribution in [2.75, 3.05) is 0 Å². The summed E-state index contributed by atoms with van der Waals surface area (Å²) in [6, 6.07) is 15.1. The van der Waals surface area contributed by atoms with Gasteiger partial charge in [0.1, 0.15) is 0 Å². The Labute approximate surface area is 150 Å². The maximum absolute atomic E-state index is 12.9. The van der Waals surface area contributed by atoms with Crippen LogP contribution in [-0.4, -0.2) is 27.8 Å². The van der Waals surface area contributed by atoms with Crippen LogP contribution in [0.5, 0.6) is 0 Å². The zero-order valence-electron chi connectivity index (χ0n) is 14.5. The summed E-state index contributed by atoms with van der Waals surface area (Å²) < 4.78 is 5.47. The van der Waals surface area contributed by atoms with E-state index in [-0.39, 0.29) is 5.78 Å². The topological polar surface area (TPSA) is 75.0 Å². The molecule has 2 N–H and O–H groups in total. The minimum Gasteiger partial charge on any atom is -0.451 e. The predicted octanol–water partition coefficient (Wildman–Crippen LogP) is 4.39. The van der Waals surface area contributed by atoms with Gasteiger partial charge >= 0.3 is 5.97 Å². The van der Waals surface area contributed by atoms with Crippen molar-refractivity contribution >= 4 is 33.6 Å². The maximum Gasteiger partial charge on any atom is 0.341 e. The molecule has 0 bridgehead atoms. The predicted molar refractivity (Wildman–Crippen MR) is 101 cm³/mol. The molecule has 0 aliphatic heterocycles. The van der Waals surface area contributed by atoms with Crippen molar-refractivity contribution in [2.45, 2.75) is 20.0 Å². The van der Waals surface area contributed by atoms with Crippen LogP contribution in [0, 0.1) is 6.92 Å². The van der Waals surface area contributed by atoms with Crippen LogP contribution in [0.4, 0.5) is 0 Å². The molecular formula is C21H18N2O3. The highest BCUT2D eigenvalue weighted by atomic mass is 16.5. The van der Waals surface area contributed by atoms with Crippen LogP contribution >= 0.6 is 0 Å². The van der Waals surface area contributed by atoms with Crippen molar-refractivity contribution in [3.63, 3.8) is 0 Å². The lowest BCUT2D eigenvalue weighted by molar-refractivity contribution is 0.0321. The number of fused-ring (bicyclic) bond motifs is 2. The summed E-state index contributed by atoms with van der Waals surface area (Å²) >= 11 is 0. The van der Waals surface area contributed by atoms with Crippen LogP contribution in [0.2, 0.25) is 0 Å². The summed E-state index contributed by atoms with van der Waals surface area (Å²) in [5.74, 6) is -0.728. The summed E-state index contributed by atoms with van der Waals surface area (Å²) in [6.45, 7) is 3.46. The SMILES string of the molecule is Cc1[nH]c2ccccc2c1C(=O)[C@@H](C)OC(=O)c1c[nH]c2ccccc12. The van der Waals surface area contributed by atoms with Crippen molar-refractivity contribution in [1.29, 1.82) is 0 Å². The number of aromatic amines is 2. The Morgan fingerprint density at radius 3 is 2.38 bits per heavy atom. The van der Waals surface area contributed by atoms with Crippen LogP contribution in [0.1, 0.15) is 33.3 Å². The van der Waals surface area contributed by atoms with Gasteiger partial charge in [-0.05, 0) is 26.0 Å². The summed E-state index contributed by atoms with van der Waals surface area (Å²) in [5.41, 5.74) is 3.51. The van der Waals surface area contributed by atoms with Gasteiger partial charge in [-0.25, -0.2) is 4.79 Å². The lowest BCUT2D eigenvalue weighted by Crippen LogP contribution is -2.24. The van der Waals surface area contributed by atoms with Crippen LogP contribution in [0.25, 0.3) is 21.8 Å². The summed E-state index contributed by atoms with van der Waals surface area (Å²) in [6.07, 6.45) is 0.732. The van der Waals surface area contributed by atoms with Gasteiger partial charge < -0.3 is 14.7 Å². The highest BCUT2D eigenvalue weighted by molar-refractivity contribution is 6.12. The fraction of sp³-hybridized carbons (Fsp3) is 0.143. The Hall–Kier alpha value is -3.34. The minimum absolute atomic E-state index is 0.215. The Balaban J connectivity index is 1.61. The van der Waals surface area contributed by atoms with Crippen LogP contribution in [0.3, 0.4) is 0 Å². The number of nitrogens with one attached hydrogen (secondary N) is 2. The van der Waals surface area contributed by atoms with Crippen LogP contribution < -0.4 is 0 Å². The quantitative estimate of drug-likeness (QED) is 0.425. The number of rotatable bonds is 4. The molecule has 0 fully saturated rings. The van der Waals surface area contributed by atoms with E-state index in [0.29, 0.717) is 11.1 Å². The number of hydrogen-bond acceptors (Lipinski definition) is 3. The molecule has 2 heterocycles. The number of para-hydroxylation sites is 2. The number of aryl methyl sites for hydroxylation is 1. The third kappa shape index (κ3) is 2.58. The Bertz CT molecular complexity index is 1140. The number of Topliss-reactive ketones (excluding diaryl/α,β-unsaturated/α-hetero) is 1. The first-order chi connectivity index (χ1) is 12.6. The number of hydrogen-bond donors (Lipinski definition) is 2. The molecule has 1 atom stereocenters. The molecule has 4 rings (SSSR count). The highest BCUT2D eigenvalue weighted by Gasteiger charge is 2.25. The number of H-pyrrole nitrogens is 2. The standard InChI is InChI=1S/C21H18N2O3/c1-12-19(15-8-4-6-10-18(15)23-12)20(24)13(2)26-21(25)16-11-22-17-9-5-3-7-14(16)17/h3-11,13,22-23H,1-2H3/t13-/m1/s1. The Morgan fingerprint density at radius 1 is 0.962 bits per heavy atom. The summed E-state index contributed by atoms with van der Waals surface area (Å²) in [7, 11) is 0. The third-order valence-electron chi connectivity index (χ3n) is 4.60. The van der Waals surface area contributed by atoms with Gasteiger partial charge in [-0.2, -0.15) is 0 Å². The lowest BCUT2D eigenvalue weighted by atomic mass is 10.0. The average Bonchev–Trinajstić information content (AvgIpc) is 3.21. The Morgan fingerprint density at radius 2 is 1.62 bits per heavy atom. The molecule has 0 aliphatic carbocycles. The molecule has 5 heteroatoms. The molecule has 0 unspecified atom stereocenters. The van der Waals surface area contributed by atoms with E-state index >= 15 is 0 Å². The van der Waals surface area contributed by atoms with E-state index in [1.807, 2.05) is 55.5 Å². The summed E-state index contributed by atoms with van der Waals surface area (Å²) in [4.78, 5) is 31.7. The molecule has 5 nitrogen and oxygen atoms in total. The molecule has 130 valence electrons. The number of ketones is 1. The van der Waals surface area contributed by atoms with E-state index in [2.05, 4.69) is 9.97 Å². The van der Waals surface area contributed by atoms with Gasteiger partial charge in [0.2, 0.25) is 5.78 Å². The van der Waals surface area contributed by atoms with Crippen molar-refractivity contribution in [3.05, 3.63) is 71.5 Å². The highest BCUT2D eigenvalue weighted by Crippen LogP contribution is 2.25. The first kappa shape index (κ1) is 16.1. The minimum atomic E-state index is -0.880. The molecule has 0 aliphatic rings. The van der Waals surface area contributed by atoms with Gasteiger partial charge in [-0.3, -0.25) is 4.79 Å². The molecule has 26 heavy (non-hydrogen) atoms. The first-order valence-corrected chi connectivity index (χ1v) is 8.45. The van der Waals surface area contributed by atoms with Gasteiger partial charge in [0.15, 0.2) is 6.10 Å². The number of esters is 1. The van der Waals surface area contributed by atoms with Crippen LogP contribution in [0.15, 0.2) is 54.7 Å². The molecule has 4 aromatic rings. The van der Waals surface area contributed by atoms with Crippen molar-refractivity contribution < 1.29 is 14.3 Å². The van der Waals surface area contributed by atoms with Crippen molar-refractivity contribution in [1.82, 2.24) is 9.97 Å². The zero-order valence-corrected chi connectivity index (χ0v) is 14.5. The molecule has 0 spiro atoms. The number of carbonyl (C=O) groups excluding carboxylic acids is 2. The molecule has 0 saturated carbocycles. The fourth-order valence-electron chi connectivity index (χ4n) is 3.32. The normalized spacial score (nSPS) is 12.4. The van der Waals surface area contributed by atoms with Crippen molar-refractivity contribution in [2.24, 2.45) is 0 Å². The van der Waals surface area contributed by atoms with Crippen molar-refractivity contribution in [3.8, 4) is 0 Å². The first-order valence-electron chi connectivity index (χ1n) is 8.45. The zero-order chi connectivity index (χ0) is 18.3. The van der Waals surface area contributed by atoms with Gasteiger partial charge in [0.25, 0.3) is 0 Å². The fourth-order valence-corrected chi connectivity index (χ4v) is 3.32. The van der Waals surface area contributed by atoms with Gasteiger partial charge in [0.05, 0.1) is 5.56 Å². The maximum atomic E-state index is 12.9.